The summed E-state index contributed by atoms with van der Waals surface area (Å²) in [6.45, 7) is 16.2. The molecule has 4 nitrogen and oxygen atoms in total. The molecule has 0 aromatic heterocycles. The molecule has 0 atom stereocenters. The van der Waals surface area contributed by atoms with Gasteiger partial charge in [-0.2, -0.15) is 0 Å². The van der Waals surface area contributed by atoms with E-state index in [1.807, 2.05) is 27.7 Å². The molecule has 0 aromatic rings. The molecular formula is C24H34N2O2. The molecule has 0 bridgehead atoms. The van der Waals surface area contributed by atoms with Gasteiger partial charge in [0.2, 0.25) is 11.8 Å². The van der Waals surface area contributed by atoms with E-state index < -0.39 is 0 Å². The van der Waals surface area contributed by atoms with Crippen LogP contribution in [-0.2, 0) is 9.59 Å². The summed E-state index contributed by atoms with van der Waals surface area (Å²) in [5, 5.41) is 0. The van der Waals surface area contributed by atoms with Crippen LogP contribution in [0.5, 0.6) is 0 Å². The molecule has 4 heteroatoms. The van der Waals surface area contributed by atoms with Gasteiger partial charge in [-0.25, -0.2) is 0 Å². The molecule has 0 spiro atoms. The second-order valence-corrected chi connectivity index (χ2v) is 6.35. The van der Waals surface area contributed by atoms with Gasteiger partial charge in [-0.05, 0) is 41.5 Å². The normalized spacial score (nSPS) is 8.36. The van der Waals surface area contributed by atoms with Crippen molar-refractivity contribution in [1.29, 1.82) is 0 Å². The Kier molecular flexibility index (Phi) is 17.2. The average Bonchev–Trinajstić information content (AvgIpc) is 2.66. The lowest BCUT2D eigenvalue weighted by Crippen LogP contribution is -2.36. The van der Waals surface area contributed by atoms with E-state index in [0.717, 1.165) is 0 Å². The van der Waals surface area contributed by atoms with Crippen LogP contribution in [0.1, 0.15) is 61.8 Å². The second kappa shape index (κ2) is 17.6. The van der Waals surface area contributed by atoms with Crippen molar-refractivity contribution in [3.05, 3.63) is 0 Å². The third-order valence-corrected chi connectivity index (χ3v) is 3.49. The number of rotatable bonds is 6. The minimum atomic E-state index is 0.00677. The number of nitrogens with zero attached hydrogens (tertiary/aromatic N) is 2. The number of carbonyl (C=O) groups excluding carboxylic acids is 2. The Balaban J connectivity index is 0. The fourth-order valence-electron chi connectivity index (χ4n) is 1.91. The Hall–Kier alpha value is -2.82. The van der Waals surface area contributed by atoms with Gasteiger partial charge in [0.15, 0.2) is 0 Å². The molecule has 2 amide bonds. The van der Waals surface area contributed by atoms with Crippen molar-refractivity contribution in [3.8, 4) is 47.4 Å². The van der Waals surface area contributed by atoms with Crippen molar-refractivity contribution in [3.63, 3.8) is 0 Å². The van der Waals surface area contributed by atoms with Crippen LogP contribution < -0.4 is 0 Å². The highest BCUT2D eigenvalue weighted by molar-refractivity contribution is 5.79. The fourth-order valence-corrected chi connectivity index (χ4v) is 1.91. The third-order valence-electron chi connectivity index (χ3n) is 3.49. The summed E-state index contributed by atoms with van der Waals surface area (Å²) in [7, 11) is 0. The second-order valence-electron chi connectivity index (χ2n) is 6.35. The zero-order valence-electron chi connectivity index (χ0n) is 18.7. The number of hydrogen-bond acceptors (Lipinski definition) is 2. The Morgan fingerprint density at radius 3 is 1.50 bits per heavy atom. The summed E-state index contributed by atoms with van der Waals surface area (Å²) in [5.74, 6) is 22.6. The van der Waals surface area contributed by atoms with E-state index in [-0.39, 0.29) is 23.8 Å². The third kappa shape index (κ3) is 13.4. The first-order valence-corrected chi connectivity index (χ1v) is 9.43. The van der Waals surface area contributed by atoms with Crippen molar-refractivity contribution in [2.75, 3.05) is 19.6 Å². The molecule has 0 rings (SSSR count). The van der Waals surface area contributed by atoms with Gasteiger partial charge in [0.1, 0.15) is 0 Å². The van der Waals surface area contributed by atoms with Gasteiger partial charge < -0.3 is 9.80 Å². The van der Waals surface area contributed by atoms with Crippen LogP contribution in [0.2, 0.25) is 0 Å². The number of hydrogen-bond donors (Lipinski definition) is 0. The topological polar surface area (TPSA) is 40.6 Å². The maximum atomic E-state index is 11.6. The summed E-state index contributed by atoms with van der Waals surface area (Å²) >= 11 is 0. The quantitative estimate of drug-likeness (QED) is 0.662. The SMILES string of the molecule is CC#CCC(=O)N(CC#CC)C(C)C.CC#CCN(CC#CC)C(=O)C(C)C. The van der Waals surface area contributed by atoms with E-state index in [1.54, 1.807) is 37.5 Å². The first kappa shape index (κ1) is 27.4. The largest absolute Gasteiger partial charge is 0.328 e. The molecule has 0 heterocycles. The van der Waals surface area contributed by atoms with E-state index in [0.29, 0.717) is 26.1 Å². The van der Waals surface area contributed by atoms with E-state index in [9.17, 15) is 9.59 Å². The predicted octanol–water partition coefficient (Wildman–Crippen LogP) is 3.18. The van der Waals surface area contributed by atoms with Crippen LogP contribution in [0, 0.1) is 53.3 Å². The van der Waals surface area contributed by atoms with Gasteiger partial charge >= 0.3 is 0 Å². The van der Waals surface area contributed by atoms with Gasteiger partial charge in [-0.3, -0.25) is 9.59 Å². The molecule has 0 fully saturated rings. The smallest absolute Gasteiger partial charge is 0.235 e. The molecule has 0 radical (unpaired) electrons. The van der Waals surface area contributed by atoms with Crippen LogP contribution in [0.25, 0.3) is 0 Å². The van der Waals surface area contributed by atoms with Crippen LogP contribution in [0.15, 0.2) is 0 Å². The summed E-state index contributed by atoms with van der Waals surface area (Å²) in [6, 6.07) is 0.182. The highest BCUT2D eigenvalue weighted by Crippen LogP contribution is 2.01. The number of carbonyl (C=O) groups is 2. The van der Waals surface area contributed by atoms with Gasteiger partial charge in [-0.15, -0.1) is 23.7 Å². The van der Waals surface area contributed by atoms with E-state index in [1.165, 1.54) is 0 Å². The molecule has 152 valence electrons. The molecule has 28 heavy (non-hydrogen) atoms. The van der Waals surface area contributed by atoms with Gasteiger partial charge in [-0.1, -0.05) is 37.5 Å². The average molecular weight is 383 g/mol. The molecule has 0 aromatic carbocycles. The predicted molar refractivity (Wildman–Crippen MR) is 117 cm³/mol. The highest BCUT2D eigenvalue weighted by atomic mass is 16.2. The van der Waals surface area contributed by atoms with E-state index in [4.69, 9.17) is 0 Å². The van der Waals surface area contributed by atoms with Crippen molar-refractivity contribution < 1.29 is 9.59 Å². The molecule has 0 saturated carbocycles. The first-order valence-electron chi connectivity index (χ1n) is 9.43. The van der Waals surface area contributed by atoms with Crippen LogP contribution in [-0.4, -0.2) is 47.3 Å². The maximum Gasteiger partial charge on any atom is 0.235 e. The van der Waals surface area contributed by atoms with Crippen molar-refractivity contribution in [2.45, 2.75) is 67.9 Å². The molecule has 0 aliphatic rings. The fraction of sp³-hybridized carbons (Fsp3) is 0.583. The Bertz CT molecular complexity index is 698. The van der Waals surface area contributed by atoms with Crippen molar-refractivity contribution in [1.82, 2.24) is 9.80 Å². The van der Waals surface area contributed by atoms with Crippen molar-refractivity contribution >= 4 is 11.8 Å². The van der Waals surface area contributed by atoms with E-state index >= 15 is 0 Å². The lowest BCUT2D eigenvalue weighted by atomic mass is 10.2. The minimum absolute atomic E-state index is 0.00677. The molecule has 0 unspecified atom stereocenters. The molecule has 0 N–H and O–H groups in total. The van der Waals surface area contributed by atoms with Crippen LogP contribution in [0.3, 0.4) is 0 Å². The zero-order valence-corrected chi connectivity index (χ0v) is 18.7. The lowest BCUT2D eigenvalue weighted by molar-refractivity contribution is -0.133. The van der Waals surface area contributed by atoms with Crippen molar-refractivity contribution in [2.24, 2.45) is 5.92 Å². The van der Waals surface area contributed by atoms with Crippen LogP contribution in [0.4, 0.5) is 0 Å². The highest BCUT2D eigenvalue weighted by Gasteiger charge is 2.15. The van der Waals surface area contributed by atoms with Crippen LogP contribution >= 0.6 is 0 Å². The Morgan fingerprint density at radius 2 is 1.14 bits per heavy atom. The lowest BCUT2D eigenvalue weighted by Gasteiger charge is -2.23. The molecule has 0 saturated heterocycles. The first-order chi connectivity index (χ1) is 13.3. The minimum Gasteiger partial charge on any atom is -0.328 e. The summed E-state index contributed by atoms with van der Waals surface area (Å²) in [5.41, 5.74) is 0. The van der Waals surface area contributed by atoms with Gasteiger partial charge in [0.05, 0.1) is 26.1 Å². The molecule has 0 aliphatic heterocycles. The summed E-state index contributed by atoms with van der Waals surface area (Å²) in [6.07, 6.45) is 0.292. The summed E-state index contributed by atoms with van der Waals surface area (Å²) < 4.78 is 0. The summed E-state index contributed by atoms with van der Waals surface area (Å²) in [4.78, 5) is 26.7. The monoisotopic (exact) mass is 382 g/mol. The molecular weight excluding hydrogens is 348 g/mol. The maximum absolute atomic E-state index is 11.6. The van der Waals surface area contributed by atoms with Gasteiger partial charge in [0, 0.05) is 12.0 Å². The Labute approximate surface area is 172 Å². The van der Waals surface area contributed by atoms with E-state index in [2.05, 4.69) is 47.4 Å². The standard InChI is InChI=1S/2C12H17NO/c1-5-7-9-13(10-8-6-2)12(14)11(3)4;1-5-7-9-12(14)13(11(3)4)10-8-6-2/h2*11H,9-10H2,1-4H3. The zero-order chi connectivity index (χ0) is 21.9. The number of amides is 2. The van der Waals surface area contributed by atoms with Gasteiger partial charge in [0.25, 0.3) is 0 Å². The molecule has 0 aliphatic carbocycles. The Morgan fingerprint density at radius 1 is 0.714 bits per heavy atom.